The Morgan fingerprint density at radius 3 is 2.80 bits per heavy atom. The van der Waals surface area contributed by atoms with E-state index in [0.29, 0.717) is 18.4 Å². The van der Waals surface area contributed by atoms with E-state index in [9.17, 15) is 9.18 Å². The predicted octanol–water partition coefficient (Wildman–Crippen LogP) is 3.30. The molecule has 0 bridgehead atoms. The Morgan fingerprint density at radius 2 is 2.15 bits per heavy atom. The number of fused-ring (bicyclic) bond motifs is 1. The van der Waals surface area contributed by atoms with Crippen LogP contribution in [0.25, 0.3) is 10.9 Å². The highest BCUT2D eigenvalue weighted by molar-refractivity contribution is 6.76. The Kier molecular flexibility index (Phi) is 4.34. The van der Waals surface area contributed by atoms with Gasteiger partial charge in [0, 0.05) is 14.7 Å². The lowest BCUT2D eigenvalue weighted by Gasteiger charge is -2.15. The number of aldehydes is 1. The van der Waals surface area contributed by atoms with Gasteiger partial charge in [-0.05, 0) is 18.2 Å². The molecule has 0 spiro atoms. The Morgan fingerprint density at radius 1 is 1.40 bits per heavy atom. The fraction of sp³-hybridized carbons (Fsp3) is 0.429. The number of halogens is 1. The average molecular weight is 294 g/mol. The third-order valence-corrected chi connectivity index (χ3v) is 4.78. The summed E-state index contributed by atoms with van der Waals surface area (Å²) in [6, 6.07) is 5.72. The summed E-state index contributed by atoms with van der Waals surface area (Å²) in [6.45, 7) is 7.72. The number of carbonyl (C=O) groups is 1. The Bertz CT molecular complexity index is 619. The Labute approximate surface area is 118 Å². The van der Waals surface area contributed by atoms with E-state index in [-0.39, 0.29) is 17.8 Å². The number of rotatable bonds is 6. The van der Waals surface area contributed by atoms with Crippen LogP contribution in [-0.2, 0) is 11.5 Å². The van der Waals surface area contributed by atoms with Crippen LogP contribution in [0.2, 0.25) is 25.7 Å². The molecule has 1 aromatic carbocycles. The van der Waals surface area contributed by atoms with Crippen molar-refractivity contribution in [2.45, 2.75) is 32.4 Å². The van der Waals surface area contributed by atoms with E-state index in [0.717, 1.165) is 6.04 Å². The zero-order valence-corrected chi connectivity index (χ0v) is 13.0. The van der Waals surface area contributed by atoms with Gasteiger partial charge in [0.1, 0.15) is 18.2 Å². The summed E-state index contributed by atoms with van der Waals surface area (Å²) < 4.78 is 20.9. The number of benzene rings is 1. The second-order valence-corrected chi connectivity index (χ2v) is 11.6. The van der Waals surface area contributed by atoms with Gasteiger partial charge >= 0.3 is 0 Å². The molecular formula is C14H19FN2O2Si. The normalized spacial score (nSPS) is 12.0. The van der Waals surface area contributed by atoms with Crippen LogP contribution < -0.4 is 0 Å². The van der Waals surface area contributed by atoms with E-state index in [1.165, 1.54) is 10.7 Å². The third-order valence-electron chi connectivity index (χ3n) is 3.08. The second kappa shape index (κ2) is 5.84. The molecule has 0 amide bonds. The van der Waals surface area contributed by atoms with Gasteiger partial charge in [-0.25, -0.2) is 9.07 Å². The molecule has 4 nitrogen and oxygen atoms in total. The molecule has 0 fully saturated rings. The summed E-state index contributed by atoms with van der Waals surface area (Å²) in [5.41, 5.74) is 0.701. The molecule has 0 aliphatic heterocycles. The summed E-state index contributed by atoms with van der Waals surface area (Å²) in [5.74, 6) is -0.432. The summed E-state index contributed by atoms with van der Waals surface area (Å²) in [5, 5.41) is 4.36. The standard InChI is InChI=1S/C14H19FN2O2Si/c1-20(2,3)8-7-19-10-17-13-6-4-5-11(15)14(13)12(9-18)16-17/h4-6,9H,7-8,10H2,1-3H3. The van der Waals surface area contributed by atoms with Crippen LogP contribution in [0.1, 0.15) is 10.5 Å². The van der Waals surface area contributed by atoms with Gasteiger partial charge in [0.05, 0.1) is 10.9 Å². The van der Waals surface area contributed by atoms with E-state index < -0.39 is 13.9 Å². The van der Waals surface area contributed by atoms with Crippen molar-refractivity contribution in [2.75, 3.05) is 6.61 Å². The first-order valence-corrected chi connectivity index (χ1v) is 10.3. The minimum atomic E-state index is -1.13. The highest BCUT2D eigenvalue weighted by Crippen LogP contribution is 2.21. The molecule has 0 saturated carbocycles. The average Bonchev–Trinajstić information content (AvgIpc) is 2.73. The fourth-order valence-corrected chi connectivity index (χ4v) is 2.68. The van der Waals surface area contributed by atoms with Crippen LogP contribution in [0.3, 0.4) is 0 Å². The highest BCUT2D eigenvalue weighted by atomic mass is 28.3. The molecule has 1 aromatic heterocycles. The molecule has 2 aromatic rings. The molecule has 0 aliphatic rings. The summed E-state index contributed by atoms with van der Waals surface area (Å²) in [7, 11) is -1.13. The molecule has 0 unspecified atom stereocenters. The summed E-state index contributed by atoms with van der Waals surface area (Å²) in [4.78, 5) is 11.0. The lowest BCUT2D eigenvalue weighted by Crippen LogP contribution is -2.22. The minimum Gasteiger partial charge on any atom is -0.360 e. The van der Waals surface area contributed by atoms with Gasteiger partial charge in [-0.3, -0.25) is 4.79 Å². The van der Waals surface area contributed by atoms with E-state index in [4.69, 9.17) is 4.74 Å². The van der Waals surface area contributed by atoms with Crippen molar-refractivity contribution in [1.82, 2.24) is 9.78 Å². The van der Waals surface area contributed by atoms with E-state index in [1.54, 1.807) is 12.1 Å². The molecule has 6 heteroatoms. The van der Waals surface area contributed by atoms with E-state index >= 15 is 0 Å². The van der Waals surface area contributed by atoms with Crippen LogP contribution in [0.5, 0.6) is 0 Å². The smallest absolute Gasteiger partial charge is 0.171 e. The molecule has 1 heterocycles. The van der Waals surface area contributed by atoms with Crippen LogP contribution in [0, 0.1) is 5.82 Å². The van der Waals surface area contributed by atoms with Crippen molar-refractivity contribution in [3.63, 3.8) is 0 Å². The minimum absolute atomic E-state index is 0.117. The summed E-state index contributed by atoms with van der Waals surface area (Å²) in [6.07, 6.45) is 0.573. The van der Waals surface area contributed by atoms with Crippen molar-refractivity contribution >= 4 is 25.3 Å². The quantitative estimate of drug-likeness (QED) is 0.466. The predicted molar refractivity (Wildman–Crippen MR) is 79.2 cm³/mol. The number of aromatic nitrogens is 2. The number of carbonyl (C=O) groups excluding carboxylic acids is 1. The first-order chi connectivity index (χ1) is 9.42. The number of nitrogens with zero attached hydrogens (tertiary/aromatic N) is 2. The third kappa shape index (κ3) is 3.32. The van der Waals surface area contributed by atoms with Crippen molar-refractivity contribution < 1.29 is 13.9 Å². The van der Waals surface area contributed by atoms with Crippen LogP contribution in [0.15, 0.2) is 18.2 Å². The maximum atomic E-state index is 13.7. The highest BCUT2D eigenvalue weighted by Gasteiger charge is 2.15. The molecule has 20 heavy (non-hydrogen) atoms. The van der Waals surface area contributed by atoms with Crippen LogP contribution in [-0.4, -0.2) is 30.7 Å². The van der Waals surface area contributed by atoms with Gasteiger partial charge in [-0.1, -0.05) is 25.7 Å². The first-order valence-electron chi connectivity index (χ1n) is 6.60. The largest absolute Gasteiger partial charge is 0.360 e. The summed E-state index contributed by atoms with van der Waals surface area (Å²) >= 11 is 0. The Balaban J connectivity index is 2.15. The van der Waals surface area contributed by atoms with E-state index in [2.05, 4.69) is 24.7 Å². The van der Waals surface area contributed by atoms with Gasteiger partial charge in [-0.15, -0.1) is 0 Å². The van der Waals surface area contributed by atoms with Crippen molar-refractivity contribution in [3.8, 4) is 0 Å². The Hall–Kier alpha value is -1.53. The van der Waals surface area contributed by atoms with Crippen LogP contribution in [0.4, 0.5) is 4.39 Å². The molecule has 0 radical (unpaired) electrons. The number of ether oxygens (including phenoxy) is 1. The molecule has 0 N–H and O–H groups in total. The zero-order valence-electron chi connectivity index (χ0n) is 12.0. The lowest BCUT2D eigenvalue weighted by molar-refractivity contribution is 0.0812. The maximum Gasteiger partial charge on any atom is 0.171 e. The number of hydrogen-bond donors (Lipinski definition) is 0. The number of hydrogen-bond acceptors (Lipinski definition) is 3. The maximum absolute atomic E-state index is 13.7. The molecule has 108 valence electrons. The van der Waals surface area contributed by atoms with Gasteiger partial charge in [0.2, 0.25) is 0 Å². The first kappa shape index (κ1) is 14.9. The monoisotopic (exact) mass is 294 g/mol. The fourth-order valence-electron chi connectivity index (χ4n) is 1.93. The van der Waals surface area contributed by atoms with Gasteiger partial charge in [-0.2, -0.15) is 5.10 Å². The molecule has 2 rings (SSSR count). The lowest BCUT2D eigenvalue weighted by atomic mass is 10.2. The molecule has 0 aliphatic carbocycles. The van der Waals surface area contributed by atoms with Crippen molar-refractivity contribution in [3.05, 3.63) is 29.7 Å². The van der Waals surface area contributed by atoms with Crippen LogP contribution >= 0.6 is 0 Å². The molecule has 0 saturated heterocycles. The van der Waals surface area contributed by atoms with Crippen molar-refractivity contribution in [2.24, 2.45) is 0 Å². The van der Waals surface area contributed by atoms with Gasteiger partial charge < -0.3 is 4.74 Å². The SMILES string of the molecule is C[Si](C)(C)CCOCn1nc(C=O)c2c(F)cccc21. The van der Waals surface area contributed by atoms with Gasteiger partial charge in [0.25, 0.3) is 0 Å². The molecule has 0 atom stereocenters. The topological polar surface area (TPSA) is 44.1 Å². The molecular weight excluding hydrogens is 275 g/mol. The van der Waals surface area contributed by atoms with Gasteiger partial charge in [0.15, 0.2) is 6.29 Å². The van der Waals surface area contributed by atoms with E-state index in [1.807, 2.05) is 0 Å². The second-order valence-electron chi connectivity index (χ2n) is 5.98. The van der Waals surface area contributed by atoms with Crippen molar-refractivity contribution in [1.29, 1.82) is 0 Å². The zero-order chi connectivity index (χ0) is 14.8.